The number of fused-ring (bicyclic) bond motifs is 1. The summed E-state index contributed by atoms with van der Waals surface area (Å²) in [6.45, 7) is 5.93. The fourth-order valence-corrected chi connectivity index (χ4v) is 4.41. The molecule has 0 saturated carbocycles. The summed E-state index contributed by atoms with van der Waals surface area (Å²) in [4.78, 5) is 25.7. The van der Waals surface area contributed by atoms with Crippen LogP contribution in [-0.4, -0.2) is 51.5 Å². The Hall–Kier alpha value is -2.25. The molecule has 1 aliphatic heterocycles. The molecule has 1 aromatic carbocycles. The molecule has 3 heterocycles. The molecule has 0 atom stereocenters. The van der Waals surface area contributed by atoms with Crippen LogP contribution in [0.5, 0.6) is 0 Å². The van der Waals surface area contributed by atoms with Crippen molar-refractivity contribution in [3.05, 3.63) is 53.1 Å². The Labute approximate surface area is 156 Å². The summed E-state index contributed by atoms with van der Waals surface area (Å²) in [6, 6.07) is 9.71. The zero-order valence-electron chi connectivity index (χ0n) is 14.8. The van der Waals surface area contributed by atoms with Crippen molar-refractivity contribution in [3.8, 4) is 0 Å². The lowest BCUT2D eigenvalue weighted by atomic mass is 10.2. The van der Waals surface area contributed by atoms with Crippen LogP contribution in [0.3, 0.4) is 0 Å². The third-order valence-electron chi connectivity index (χ3n) is 4.85. The van der Waals surface area contributed by atoms with Crippen LogP contribution in [0.15, 0.2) is 47.5 Å². The molecule has 0 unspecified atom stereocenters. The molecule has 1 saturated heterocycles. The van der Waals surface area contributed by atoms with Gasteiger partial charge < -0.3 is 4.90 Å². The zero-order valence-corrected chi connectivity index (χ0v) is 15.6. The second kappa shape index (κ2) is 7.97. The third kappa shape index (κ3) is 3.78. The lowest BCUT2D eigenvalue weighted by molar-refractivity contribution is 0.250. The van der Waals surface area contributed by atoms with Gasteiger partial charge in [0.1, 0.15) is 0 Å². The van der Waals surface area contributed by atoms with Crippen molar-refractivity contribution >= 4 is 27.6 Å². The van der Waals surface area contributed by atoms with E-state index in [-0.39, 0.29) is 5.56 Å². The Balaban J connectivity index is 1.22. The summed E-state index contributed by atoms with van der Waals surface area (Å²) < 4.78 is 2.98. The number of aromatic nitrogens is 3. The number of hydrogen-bond donors (Lipinski definition) is 0. The summed E-state index contributed by atoms with van der Waals surface area (Å²) in [5, 5.41) is 0.844. The van der Waals surface area contributed by atoms with Gasteiger partial charge in [0.2, 0.25) is 5.95 Å². The van der Waals surface area contributed by atoms with Crippen molar-refractivity contribution in [1.29, 1.82) is 0 Å². The van der Waals surface area contributed by atoms with Gasteiger partial charge in [0.25, 0.3) is 5.56 Å². The number of anilines is 1. The quantitative estimate of drug-likeness (QED) is 0.625. The molecule has 1 fully saturated rings. The van der Waals surface area contributed by atoms with E-state index in [0.29, 0.717) is 0 Å². The lowest BCUT2D eigenvalue weighted by Gasteiger charge is -2.34. The molecular formula is C19H23N5OS. The normalized spacial score (nSPS) is 15.6. The second-order valence-electron chi connectivity index (χ2n) is 6.58. The number of aryl methyl sites for hydroxylation is 1. The van der Waals surface area contributed by atoms with E-state index in [4.69, 9.17) is 0 Å². The van der Waals surface area contributed by atoms with Crippen LogP contribution < -0.4 is 10.5 Å². The smallest absolute Gasteiger partial charge is 0.268 e. The fraction of sp³-hybridized carbons (Fsp3) is 0.421. The van der Waals surface area contributed by atoms with Crippen LogP contribution in [0.4, 0.5) is 5.95 Å². The molecule has 26 heavy (non-hydrogen) atoms. The molecule has 0 amide bonds. The van der Waals surface area contributed by atoms with E-state index in [2.05, 4.69) is 19.8 Å². The van der Waals surface area contributed by atoms with Crippen molar-refractivity contribution in [2.24, 2.45) is 0 Å². The Morgan fingerprint density at radius 2 is 1.65 bits per heavy atom. The number of hydrogen-bond acceptors (Lipinski definition) is 6. The van der Waals surface area contributed by atoms with Gasteiger partial charge in [0.15, 0.2) is 0 Å². The Morgan fingerprint density at radius 1 is 0.923 bits per heavy atom. The maximum Gasteiger partial charge on any atom is 0.268 e. The summed E-state index contributed by atoms with van der Waals surface area (Å²) in [7, 11) is 0. The van der Waals surface area contributed by atoms with Gasteiger partial charge in [-0.1, -0.05) is 23.7 Å². The first-order chi connectivity index (χ1) is 12.8. The minimum atomic E-state index is 0.155. The first kappa shape index (κ1) is 17.2. The Kier molecular flexibility index (Phi) is 5.26. The second-order valence-corrected chi connectivity index (χ2v) is 7.64. The van der Waals surface area contributed by atoms with Crippen molar-refractivity contribution in [2.45, 2.75) is 19.4 Å². The molecular weight excluding hydrogens is 346 g/mol. The van der Waals surface area contributed by atoms with Crippen molar-refractivity contribution in [3.63, 3.8) is 0 Å². The first-order valence-corrected chi connectivity index (χ1v) is 9.92. The highest BCUT2D eigenvalue weighted by Gasteiger charge is 2.18. The number of unbranched alkanes of at least 4 members (excludes halogenated alkanes) is 1. The summed E-state index contributed by atoms with van der Waals surface area (Å²) in [6.07, 6.45) is 5.74. The van der Waals surface area contributed by atoms with Gasteiger partial charge in [0, 0.05) is 45.1 Å². The largest absolute Gasteiger partial charge is 0.338 e. The van der Waals surface area contributed by atoms with Gasteiger partial charge >= 0.3 is 0 Å². The molecule has 136 valence electrons. The van der Waals surface area contributed by atoms with E-state index >= 15 is 0 Å². The molecule has 0 spiro atoms. The standard InChI is InChI=1S/C19H23N5OS/c25-18-16-6-1-2-7-17(16)26-24(18)11-4-3-10-22-12-14-23(15-13-22)19-20-8-5-9-21-19/h1-2,5-9H,3-4,10-15H2. The molecule has 0 radical (unpaired) electrons. The topological polar surface area (TPSA) is 54.3 Å². The summed E-state index contributed by atoms with van der Waals surface area (Å²) in [5.74, 6) is 0.830. The van der Waals surface area contributed by atoms with Crippen LogP contribution in [0.2, 0.25) is 0 Å². The zero-order chi connectivity index (χ0) is 17.8. The molecule has 7 heteroatoms. The van der Waals surface area contributed by atoms with E-state index in [9.17, 15) is 4.79 Å². The maximum atomic E-state index is 12.3. The molecule has 6 nitrogen and oxygen atoms in total. The SMILES string of the molecule is O=c1c2ccccc2sn1CCCCN1CCN(c2ncccn2)CC1. The molecule has 2 aromatic heterocycles. The fourth-order valence-electron chi connectivity index (χ4n) is 3.38. The maximum absolute atomic E-state index is 12.3. The van der Waals surface area contributed by atoms with E-state index in [1.165, 1.54) is 0 Å². The Morgan fingerprint density at radius 3 is 2.42 bits per heavy atom. The van der Waals surface area contributed by atoms with Gasteiger partial charge in [-0.15, -0.1) is 0 Å². The third-order valence-corrected chi connectivity index (χ3v) is 5.97. The molecule has 4 rings (SSSR count). The van der Waals surface area contributed by atoms with Gasteiger partial charge in [-0.05, 0) is 37.6 Å². The van der Waals surface area contributed by atoms with Crippen LogP contribution in [0.25, 0.3) is 10.1 Å². The Bertz CT molecular complexity index is 899. The summed E-state index contributed by atoms with van der Waals surface area (Å²) >= 11 is 1.58. The number of rotatable bonds is 6. The minimum absolute atomic E-state index is 0.155. The molecule has 0 aliphatic carbocycles. The van der Waals surface area contributed by atoms with Crippen molar-refractivity contribution in [1.82, 2.24) is 18.8 Å². The molecule has 3 aromatic rings. The average Bonchev–Trinajstić information content (AvgIpc) is 3.02. The van der Waals surface area contributed by atoms with Gasteiger partial charge in [-0.25, -0.2) is 9.97 Å². The predicted molar refractivity (Wildman–Crippen MR) is 106 cm³/mol. The van der Waals surface area contributed by atoms with Crippen molar-refractivity contribution < 1.29 is 0 Å². The highest BCUT2D eigenvalue weighted by Crippen LogP contribution is 2.16. The van der Waals surface area contributed by atoms with Gasteiger partial charge in [0.05, 0.1) is 10.1 Å². The van der Waals surface area contributed by atoms with Gasteiger partial charge in [-0.2, -0.15) is 0 Å². The average molecular weight is 369 g/mol. The van der Waals surface area contributed by atoms with E-state index in [0.717, 1.165) is 68.1 Å². The van der Waals surface area contributed by atoms with E-state index < -0.39 is 0 Å². The highest BCUT2D eigenvalue weighted by molar-refractivity contribution is 7.13. The van der Waals surface area contributed by atoms with Gasteiger partial charge in [-0.3, -0.25) is 13.7 Å². The predicted octanol–water partition coefficient (Wildman–Crippen LogP) is 2.46. The van der Waals surface area contributed by atoms with E-state index in [1.54, 1.807) is 23.9 Å². The van der Waals surface area contributed by atoms with Crippen LogP contribution in [0.1, 0.15) is 12.8 Å². The van der Waals surface area contributed by atoms with Crippen LogP contribution >= 0.6 is 11.5 Å². The van der Waals surface area contributed by atoms with Crippen LogP contribution in [0, 0.1) is 0 Å². The summed E-state index contributed by atoms with van der Waals surface area (Å²) in [5.41, 5.74) is 0.155. The number of nitrogens with zero attached hydrogens (tertiary/aromatic N) is 5. The molecule has 0 bridgehead atoms. The molecule has 1 aliphatic rings. The number of piperazine rings is 1. The monoisotopic (exact) mass is 369 g/mol. The number of benzene rings is 1. The van der Waals surface area contributed by atoms with E-state index in [1.807, 2.05) is 34.3 Å². The van der Waals surface area contributed by atoms with Crippen molar-refractivity contribution in [2.75, 3.05) is 37.6 Å². The van der Waals surface area contributed by atoms with Crippen LogP contribution in [-0.2, 0) is 6.54 Å². The molecule has 0 N–H and O–H groups in total. The first-order valence-electron chi connectivity index (χ1n) is 9.14. The lowest BCUT2D eigenvalue weighted by Crippen LogP contribution is -2.47. The minimum Gasteiger partial charge on any atom is -0.338 e. The highest BCUT2D eigenvalue weighted by atomic mass is 32.1.